The summed E-state index contributed by atoms with van der Waals surface area (Å²) in [5.74, 6) is 0. The van der Waals surface area contributed by atoms with Gasteiger partial charge in [-0.15, -0.1) is 0 Å². The second kappa shape index (κ2) is 7.48. The lowest BCUT2D eigenvalue weighted by Crippen LogP contribution is -2.30. The van der Waals surface area contributed by atoms with Crippen LogP contribution in [0, 0.1) is 0 Å². The molecule has 23 heavy (non-hydrogen) atoms. The van der Waals surface area contributed by atoms with Crippen molar-refractivity contribution in [2.45, 2.75) is 37.8 Å². The SMILES string of the molecule is CC(OCC[C@H]1CCCN1)(c1ccccc1)c1ccc(Cl)cc1. The molecule has 122 valence electrons. The Morgan fingerprint density at radius 3 is 2.43 bits per heavy atom. The molecule has 0 aromatic heterocycles. The molecule has 1 aliphatic rings. The molecule has 0 amide bonds. The zero-order chi connectivity index (χ0) is 16.1. The van der Waals surface area contributed by atoms with Gasteiger partial charge in [0.25, 0.3) is 0 Å². The maximum Gasteiger partial charge on any atom is 0.115 e. The lowest BCUT2D eigenvalue weighted by atomic mass is 9.88. The monoisotopic (exact) mass is 329 g/mol. The summed E-state index contributed by atoms with van der Waals surface area (Å²) >= 11 is 6.05. The molecule has 2 atom stereocenters. The zero-order valence-electron chi connectivity index (χ0n) is 13.6. The fourth-order valence-electron chi connectivity index (χ4n) is 3.27. The minimum atomic E-state index is -0.454. The fourth-order valence-corrected chi connectivity index (χ4v) is 3.39. The molecule has 0 aliphatic carbocycles. The highest BCUT2D eigenvalue weighted by Gasteiger charge is 2.30. The van der Waals surface area contributed by atoms with Crippen LogP contribution in [0.2, 0.25) is 5.02 Å². The Morgan fingerprint density at radius 2 is 1.78 bits per heavy atom. The molecule has 3 rings (SSSR count). The molecule has 0 bridgehead atoms. The molecule has 3 heteroatoms. The van der Waals surface area contributed by atoms with E-state index in [1.807, 2.05) is 18.2 Å². The summed E-state index contributed by atoms with van der Waals surface area (Å²) < 4.78 is 6.42. The summed E-state index contributed by atoms with van der Waals surface area (Å²) in [4.78, 5) is 0. The van der Waals surface area contributed by atoms with E-state index in [9.17, 15) is 0 Å². The van der Waals surface area contributed by atoms with Crippen molar-refractivity contribution in [1.29, 1.82) is 0 Å². The average molecular weight is 330 g/mol. The Bertz CT molecular complexity index is 607. The highest BCUT2D eigenvalue weighted by molar-refractivity contribution is 6.30. The van der Waals surface area contributed by atoms with E-state index in [1.165, 1.54) is 18.4 Å². The normalized spacial score (nSPS) is 20.3. The van der Waals surface area contributed by atoms with Crippen LogP contribution in [0.1, 0.15) is 37.3 Å². The summed E-state index contributed by atoms with van der Waals surface area (Å²) in [6.45, 7) is 4.02. The van der Waals surface area contributed by atoms with Crippen molar-refractivity contribution in [3.05, 3.63) is 70.7 Å². The van der Waals surface area contributed by atoms with Gasteiger partial charge in [0.05, 0.1) is 0 Å². The van der Waals surface area contributed by atoms with Gasteiger partial charge >= 0.3 is 0 Å². The highest BCUT2D eigenvalue weighted by Crippen LogP contribution is 2.34. The van der Waals surface area contributed by atoms with Gasteiger partial charge < -0.3 is 10.1 Å². The summed E-state index contributed by atoms with van der Waals surface area (Å²) in [5, 5.41) is 4.28. The summed E-state index contributed by atoms with van der Waals surface area (Å²) in [6, 6.07) is 19.0. The van der Waals surface area contributed by atoms with Gasteiger partial charge in [0, 0.05) is 17.7 Å². The fraction of sp³-hybridized carbons (Fsp3) is 0.400. The second-order valence-corrected chi connectivity index (χ2v) is 6.77. The molecular formula is C20H24ClNO. The van der Waals surface area contributed by atoms with E-state index in [2.05, 4.69) is 48.6 Å². The van der Waals surface area contributed by atoms with Gasteiger partial charge in [-0.05, 0) is 56.0 Å². The van der Waals surface area contributed by atoms with Crippen molar-refractivity contribution < 1.29 is 4.74 Å². The van der Waals surface area contributed by atoms with Crippen molar-refractivity contribution in [1.82, 2.24) is 5.32 Å². The van der Waals surface area contributed by atoms with Crippen LogP contribution in [0.3, 0.4) is 0 Å². The number of nitrogens with one attached hydrogen (secondary N) is 1. The van der Waals surface area contributed by atoms with E-state index >= 15 is 0 Å². The Kier molecular flexibility index (Phi) is 5.37. The Balaban J connectivity index is 1.79. The molecule has 0 radical (unpaired) electrons. The van der Waals surface area contributed by atoms with E-state index in [-0.39, 0.29) is 0 Å². The smallest absolute Gasteiger partial charge is 0.115 e. The lowest BCUT2D eigenvalue weighted by Gasteiger charge is -2.32. The molecule has 2 nitrogen and oxygen atoms in total. The van der Waals surface area contributed by atoms with Gasteiger partial charge in [-0.2, -0.15) is 0 Å². The van der Waals surface area contributed by atoms with Gasteiger partial charge in [-0.25, -0.2) is 0 Å². The second-order valence-electron chi connectivity index (χ2n) is 6.34. The highest BCUT2D eigenvalue weighted by atomic mass is 35.5. The Labute approximate surface area is 143 Å². The topological polar surface area (TPSA) is 21.3 Å². The first kappa shape index (κ1) is 16.5. The van der Waals surface area contributed by atoms with E-state index in [4.69, 9.17) is 16.3 Å². The number of ether oxygens (including phenoxy) is 1. The average Bonchev–Trinajstić information content (AvgIpc) is 3.09. The van der Waals surface area contributed by atoms with E-state index in [0.717, 1.165) is 30.2 Å². The summed E-state index contributed by atoms with van der Waals surface area (Å²) in [6.07, 6.45) is 3.58. The van der Waals surface area contributed by atoms with Gasteiger partial charge in [0.15, 0.2) is 0 Å². The third-order valence-corrected chi connectivity index (χ3v) is 4.99. The molecule has 2 aromatic rings. The molecule has 0 saturated carbocycles. The van der Waals surface area contributed by atoms with Crippen LogP contribution in [0.15, 0.2) is 54.6 Å². The maximum absolute atomic E-state index is 6.42. The standard InChI is InChI=1S/C20H24ClNO/c1-20(16-6-3-2-4-7-16,17-9-11-18(21)12-10-17)23-15-13-19-8-5-14-22-19/h2-4,6-7,9-12,19,22H,5,8,13-15H2,1H3/t19-,20?/m1/s1. The number of hydrogen-bond acceptors (Lipinski definition) is 2. The van der Waals surface area contributed by atoms with Crippen LogP contribution >= 0.6 is 11.6 Å². The van der Waals surface area contributed by atoms with Gasteiger partial charge in [-0.3, -0.25) is 0 Å². The van der Waals surface area contributed by atoms with E-state index in [0.29, 0.717) is 6.04 Å². The van der Waals surface area contributed by atoms with Crippen molar-refractivity contribution in [3.63, 3.8) is 0 Å². The van der Waals surface area contributed by atoms with E-state index in [1.54, 1.807) is 0 Å². The van der Waals surface area contributed by atoms with Crippen molar-refractivity contribution in [3.8, 4) is 0 Å². The number of hydrogen-bond donors (Lipinski definition) is 1. The third kappa shape index (κ3) is 3.95. The van der Waals surface area contributed by atoms with Crippen molar-refractivity contribution in [2.75, 3.05) is 13.2 Å². The molecule has 1 aliphatic heterocycles. The van der Waals surface area contributed by atoms with Gasteiger partial charge in [0.2, 0.25) is 0 Å². The molecule has 1 heterocycles. The van der Waals surface area contributed by atoms with Gasteiger partial charge in [0.1, 0.15) is 5.60 Å². The maximum atomic E-state index is 6.42. The minimum absolute atomic E-state index is 0.454. The molecule has 2 aromatic carbocycles. The summed E-state index contributed by atoms with van der Waals surface area (Å²) in [5.41, 5.74) is 1.85. The predicted molar refractivity (Wildman–Crippen MR) is 95.9 cm³/mol. The van der Waals surface area contributed by atoms with Crippen molar-refractivity contribution >= 4 is 11.6 Å². The van der Waals surface area contributed by atoms with Crippen molar-refractivity contribution in [2.24, 2.45) is 0 Å². The summed E-state index contributed by atoms with van der Waals surface area (Å²) in [7, 11) is 0. The first-order chi connectivity index (χ1) is 11.2. The Hall–Kier alpha value is -1.35. The lowest BCUT2D eigenvalue weighted by molar-refractivity contribution is -0.00797. The first-order valence-corrected chi connectivity index (χ1v) is 8.75. The van der Waals surface area contributed by atoms with Crippen LogP contribution < -0.4 is 5.32 Å². The van der Waals surface area contributed by atoms with Crippen LogP contribution in [0.25, 0.3) is 0 Å². The van der Waals surface area contributed by atoms with Crippen LogP contribution in [0.4, 0.5) is 0 Å². The molecule has 1 saturated heterocycles. The quantitative estimate of drug-likeness (QED) is 0.824. The van der Waals surface area contributed by atoms with E-state index < -0.39 is 5.60 Å². The van der Waals surface area contributed by atoms with Crippen LogP contribution in [-0.2, 0) is 10.3 Å². The molecule has 1 unspecified atom stereocenters. The molecule has 0 spiro atoms. The number of benzene rings is 2. The predicted octanol–water partition coefficient (Wildman–Crippen LogP) is 4.76. The third-order valence-electron chi connectivity index (χ3n) is 4.74. The van der Waals surface area contributed by atoms with Gasteiger partial charge in [-0.1, -0.05) is 54.1 Å². The molecule has 1 fully saturated rings. The minimum Gasteiger partial charge on any atom is -0.366 e. The Morgan fingerprint density at radius 1 is 1.09 bits per heavy atom. The largest absolute Gasteiger partial charge is 0.366 e. The van der Waals surface area contributed by atoms with Crippen LogP contribution in [0.5, 0.6) is 0 Å². The molecular weight excluding hydrogens is 306 g/mol. The first-order valence-electron chi connectivity index (χ1n) is 8.37. The molecule has 1 N–H and O–H groups in total. The number of rotatable bonds is 6. The van der Waals surface area contributed by atoms with Crippen LogP contribution in [-0.4, -0.2) is 19.2 Å². The zero-order valence-corrected chi connectivity index (χ0v) is 14.4. The number of halogens is 1.